The molecule has 2 heterocycles. The van der Waals surface area contributed by atoms with Crippen LogP contribution in [0, 0.1) is 11.7 Å². The third-order valence-electron chi connectivity index (χ3n) is 6.73. The molecule has 8 heteroatoms. The molecular formula is C23H33FN4O3. The van der Waals surface area contributed by atoms with Crippen molar-refractivity contribution >= 4 is 17.6 Å². The van der Waals surface area contributed by atoms with Gasteiger partial charge in [0.1, 0.15) is 5.82 Å². The lowest BCUT2D eigenvalue weighted by molar-refractivity contribution is -0.129. The molecule has 3 aliphatic rings. The van der Waals surface area contributed by atoms with E-state index in [0.717, 1.165) is 32.3 Å². The van der Waals surface area contributed by atoms with Crippen LogP contribution in [0.5, 0.6) is 0 Å². The molecule has 1 saturated carbocycles. The van der Waals surface area contributed by atoms with Gasteiger partial charge in [0.2, 0.25) is 5.91 Å². The predicted molar refractivity (Wildman–Crippen MR) is 116 cm³/mol. The zero-order valence-corrected chi connectivity index (χ0v) is 18.0. The van der Waals surface area contributed by atoms with Gasteiger partial charge in [-0.2, -0.15) is 0 Å². The number of amides is 3. The molecule has 0 bridgehead atoms. The molecule has 0 aromatic heterocycles. The average Bonchev–Trinajstić information content (AvgIpc) is 3.49. The lowest BCUT2D eigenvalue weighted by Crippen LogP contribution is -2.58. The number of benzene rings is 1. The van der Waals surface area contributed by atoms with Crippen LogP contribution >= 0.6 is 0 Å². The fraction of sp³-hybridized carbons (Fsp3) is 0.652. The molecule has 2 aliphatic heterocycles. The van der Waals surface area contributed by atoms with Crippen LogP contribution in [0.4, 0.5) is 14.9 Å². The van der Waals surface area contributed by atoms with Crippen LogP contribution in [-0.4, -0.2) is 73.2 Å². The Balaban J connectivity index is 1.31. The molecule has 0 radical (unpaired) electrons. The van der Waals surface area contributed by atoms with Crippen LogP contribution in [-0.2, 0) is 9.53 Å². The number of halogens is 1. The number of hydrogen-bond acceptors (Lipinski definition) is 4. The van der Waals surface area contributed by atoms with Crippen LogP contribution in [0.2, 0.25) is 0 Å². The number of hydrogen-bond donors (Lipinski definition) is 2. The summed E-state index contributed by atoms with van der Waals surface area (Å²) in [5.74, 6) is 0.151. The summed E-state index contributed by atoms with van der Waals surface area (Å²) in [5.41, 5.74) is 0.575. The van der Waals surface area contributed by atoms with E-state index in [1.807, 2.05) is 0 Å². The van der Waals surface area contributed by atoms with Gasteiger partial charge in [0.15, 0.2) is 0 Å². The van der Waals surface area contributed by atoms with E-state index in [-0.39, 0.29) is 29.9 Å². The van der Waals surface area contributed by atoms with E-state index in [4.69, 9.17) is 4.74 Å². The summed E-state index contributed by atoms with van der Waals surface area (Å²) < 4.78 is 18.7. The van der Waals surface area contributed by atoms with E-state index in [0.29, 0.717) is 44.3 Å². The lowest BCUT2D eigenvalue weighted by atomic mass is 9.95. The van der Waals surface area contributed by atoms with Crippen LogP contribution in [0.3, 0.4) is 0 Å². The van der Waals surface area contributed by atoms with Gasteiger partial charge in [0.25, 0.3) is 0 Å². The van der Waals surface area contributed by atoms with Crippen molar-refractivity contribution in [1.82, 2.24) is 15.1 Å². The fourth-order valence-corrected chi connectivity index (χ4v) is 5.01. The molecule has 2 N–H and O–H groups in total. The predicted octanol–water partition coefficient (Wildman–Crippen LogP) is 2.83. The molecule has 1 aromatic rings. The molecule has 4 rings (SSSR count). The first-order valence-electron chi connectivity index (χ1n) is 11.5. The highest BCUT2D eigenvalue weighted by molar-refractivity contribution is 5.89. The number of nitrogens with one attached hydrogen (secondary N) is 2. The number of carbonyl (C=O) groups is 2. The highest BCUT2D eigenvalue weighted by atomic mass is 19.1. The number of piperazine rings is 1. The summed E-state index contributed by atoms with van der Waals surface area (Å²) in [6, 6.07) is 5.44. The number of ether oxygens (including phenoxy) is 1. The van der Waals surface area contributed by atoms with E-state index < -0.39 is 0 Å². The minimum absolute atomic E-state index is 0.103. The fourth-order valence-electron chi connectivity index (χ4n) is 5.01. The molecule has 170 valence electrons. The van der Waals surface area contributed by atoms with Gasteiger partial charge in [-0.25, -0.2) is 9.18 Å². The van der Waals surface area contributed by atoms with Gasteiger partial charge in [-0.05, 0) is 55.9 Å². The number of anilines is 1. The van der Waals surface area contributed by atoms with Gasteiger partial charge in [-0.15, -0.1) is 0 Å². The summed E-state index contributed by atoms with van der Waals surface area (Å²) in [4.78, 5) is 29.7. The third-order valence-corrected chi connectivity index (χ3v) is 6.73. The van der Waals surface area contributed by atoms with Gasteiger partial charge in [0, 0.05) is 45.0 Å². The van der Waals surface area contributed by atoms with Gasteiger partial charge in [0.05, 0.1) is 12.1 Å². The van der Waals surface area contributed by atoms with Crippen LogP contribution in [0.15, 0.2) is 24.3 Å². The normalized spacial score (nSPS) is 23.6. The Hall–Kier alpha value is -2.19. The van der Waals surface area contributed by atoms with Crippen molar-refractivity contribution in [3.63, 3.8) is 0 Å². The van der Waals surface area contributed by atoms with Crippen molar-refractivity contribution in [2.45, 2.75) is 50.7 Å². The first-order valence-corrected chi connectivity index (χ1v) is 11.5. The smallest absolute Gasteiger partial charge is 0.321 e. The van der Waals surface area contributed by atoms with Gasteiger partial charge in [-0.1, -0.05) is 12.8 Å². The Kier molecular flexibility index (Phi) is 7.40. The van der Waals surface area contributed by atoms with E-state index in [1.54, 1.807) is 17.0 Å². The molecule has 3 amide bonds. The molecule has 0 unspecified atom stereocenters. The number of rotatable bonds is 6. The van der Waals surface area contributed by atoms with E-state index in [1.165, 1.54) is 25.0 Å². The molecule has 3 fully saturated rings. The Morgan fingerprint density at radius 2 is 1.74 bits per heavy atom. The maximum atomic E-state index is 13.1. The third kappa shape index (κ3) is 5.74. The molecule has 1 aromatic carbocycles. The Labute approximate surface area is 183 Å². The topological polar surface area (TPSA) is 73.9 Å². The minimum Gasteiger partial charge on any atom is -0.376 e. The lowest BCUT2D eigenvalue weighted by Gasteiger charge is -2.40. The average molecular weight is 433 g/mol. The summed E-state index contributed by atoms with van der Waals surface area (Å²) in [7, 11) is 0. The molecule has 31 heavy (non-hydrogen) atoms. The molecule has 2 atom stereocenters. The van der Waals surface area contributed by atoms with Crippen molar-refractivity contribution in [2.75, 3.05) is 44.6 Å². The highest BCUT2D eigenvalue weighted by Gasteiger charge is 2.37. The van der Waals surface area contributed by atoms with Crippen molar-refractivity contribution in [3.8, 4) is 0 Å². The first-order chi connectivity index (χ1) is 15.1. The monoisotopic (exact) mass is 432 g/mol. The van der Waals surface area contributed by atoms with E-state index in [9.17, 15) is 14.0 Å². The summed E-state index contributed by atoms with van der Waals surface area (Å²) in [5, 5.41) is 5.96. The zero-order valence-electron chi connectivity index (χ0n) is 18.0. The molecule has 0 spiro atoms. The second-order valence-electron chi connectivity index (χ2n) is 8.83. The van der Waals surface area contributed by atoms with Gasteiger partial charge >= 0.3 is 6.03 Å². The maximum absolute atomic E-state index is 13.1. The number of urea groups is 1. The largest absolute Gasteiger partial charge is 0.376 e. The Bertz CT molecular complexity index is 740. The van der Waals surface area contributed by atoms with Crippen LogP contribution < -0.4 is 10.6 Å². The SMILES string of the molecule is O=C(NC[C@@H]1CCCO1)[C@H](C1CCCC1)N1CCN(C(=O)Nc2ccc(F)cc2)CC1. The Morgan fingerprint density at radius 3 is 2.39 bits per heavy atom. The van der Waals surface area contributed by atoms with E-state index in [2.05, 4.69) is 15.5 Å². The standard InChI is InChI=1S/C23H33FN4O3/c24-18-7-9-19(10-8-18)26-23(30)28-13-11-27(12-14-28)21(17-4-1-2-5-17)22(29)25-16-20-6-3-15-31-20/h7-10,17,20-21H,1-6,11-16H2,(H,25,29)(H,26,30)/t20-,21-/m0/s1. The molecule has 1 aliphatic carbocycles. The first kappa shape index (κ1) is 22.0. The van der Waals surface area contributed by atoms with Crippen LogP contribution in [0.25, 0.3) is 0 Å². The minimum atomic E-state index is -0.331. The van der Waals surface area contributed by atoms with Crippen LogP contribution in [0.1, 0.15) is 38.5 Å². The van der Waals surface area contributed by atoms with Crippen molar-refractivity contribution in [3.05, 3.63) is 30.1 Å². The van der Waals surface area contributed by atoms with Crippen molar-refractivity contribution in [2.24, 2.45) is 5.92 Å². The van der Waals surface area contributed by atoms with Gasteiger partial charge in [-0.3, -0.25) is 9.69 Å². The van der Waals surface area contributed by atoms with E-state index >= 15 is 0 Å². The quantitative estimate of drug-likeness (QED) is 0.725. The second-order valence-corrected chi connectivity index (χ2v) is 8.83. The zero-order chi connectivity index (χ0) is 21.6. The van der Waals surface area contributed by atoms with Gasteiger partial charge < -0.3 is 20.3 Å². The van der Waals surface area contributed by atoms with Crippen molar-refractivity contribution < 1.29 is 18.7 Å². The summed E-state index contributed by atoms with van der Waals surface area (Å²) in [6.45, 7) is 3.85. The summed E-state index contributed by atoms with van der Waals surface area (Å²) >= 11 is 0. The second kappa shape index (κ2) is 10.4. The maximum Gasteiger partial charge on any atom is 0.321 e. The molecule has 2 saturated heterocycles. The number of nitrogens with zero attached hydrogens (tertiary/aromatic N) is 2. The highest BCUT2D eigenvalue weighted by Crippen LogP contribution is 2.31. The molecule has 7 nitrogen and oxygen atoms in total. The summed E-state index contributed by atoms with van der Waals surface area (Å²) in [6.07, 6.45) is 6.75. The molecular weight excluding hydrogens is 399 g/mol. The Morgan fingerprint density at radius 1 is 1.03 bits per heavy atom. The van der Waals surface area contributed by atoms with Crippen molar-refractivity contribution in [1.29, 1.82) is 0 Å². The number of carbonyl (C=O) groups excluding carboxylic acids is 2.